The Morgan fingerprint density at radius 3 is 2.82 bits per heavy atom. The third-order valence-corrected chi connectivity index (χ3v) is 3.34. The first-order valence-electron chi connectivity index (χ1n) is 6.84. The van der Waals surface area contributed by atoms with E-state index in [1.165, 1.54) is 7.11 Å². The number of phenolic OH excluding ortho intramolecular Hbond substituents is 1. The summed E-state index contributed by atoms with van der Waals surface area (Å²) in [6, 6.07) is 15.1. The number of phenols is 1. The van der Waals surface area contributed by atoms with Gasteiger partial charge < -0.3 is 9.84 Å². The van der Waals surface area contributed by atoms with Crippen molar-refractivity contribution in [2.45, 2.75) is 0 Å². The molecule has 5 heteroatoms. The number of nitrogens with one attached hydrogen (secondary N) is 2. The lowest BCUT2D eigenvalue weighted by molar-refractivity contribution is -0.344. The Labute approximate surface area is 127 Å². The third kappa shape index (κ3) is 2.69. The number of hydrogen-bond donors (Lipinski definition) is 2. The maximum atomic E-state index is 10.0. The number of fused-ring (bicyclic) bond motifs is 1. The average Bonchev–Trinajstić information content (AvgIpc) is 2.56. The lowest BCUT2D eigenvalue weighted by Crippen LogP contribution is -2.04. The third-order valence-electron chi connectivity index (χ3n) is 3.34. The predicted octanol–water partition coefficient (Wildman–Crippen LogP) is 2.81. The van der Waals surface area contributed by atoms with Crippen LogP contribution in [0.15, 0.2) is 59.8 Å². The molecule has 0 bridgehead atoms. The van der Waals surface area contributed by atoms with Crippen LogP contribution < -0.4 is 15.1 Å². The maximum absolute atomic E-state index is 10.0. The van der Waals surface area contributed by atoms with Gasteiger partial charge in [-0.25, -0.2) is 4.98 Å². The second kappa shape index (κ2) is 6.13. The summed E-state index contributed by atoms with van der Waals surface area (Å²) in [5, 5.41) is 15.3. The van der Waals surface area contributed by atoms with Gasteiger partial charge in [0.25, 0.3) is 0 Å². The molecule has 22 heavy (non-hydrogen) atoms. The molecule has 0 amide bonds. The Bertz CT molecular complexity index is 826. The fraction of sp³-hybridized carbons (Fsp3) is 0.0588. The van der Waals surface area contributed by atoms with Crippen molar-refractivity contribution >= 4 is 22.8 Å². The van der Waals surface area contributed by atoms with E-state index < -0.39 is 0 Å². The summed E-state index contributed by atoms with van der Waals surface area (Å²) in [5.41, 5.74) is 5.39. The number of aromatic nitrogens is 1. The highest BCUT2D eigenvalue weighted by Gasteiger charge is 2.06. The van der Waals surface area contributed by atoms with Gasteiger partial charge >= 0.3 is 0 Å². The Hall–Kier alpha value is -3.08. The fourth-order valence-electron chi connectivity index (χ4n) is 2.23. The molecule has 0 fully saturated rings. The van der Waals surface area contributed by atoms with Crippen LogP contribution in [-0.2, 0) is 0 Å². The first-order valence-corrected chi connectivity index (χ1v) is 6.84. The lowest BCUT2D eigenvalue weighted by atomic mass is 10.2. The number of para-hydroxylation sites is 2. The summed E-state index contributed by atoms with van der Waals surface area (Å²) >= 11 is 0. The molecule has 3 aromatic rings. The standard InChI is InChI=1S/C17H15N3O2/c1-22-15-9-3-6-13(17(15)21)11-19-20-14-8-2-5-12-7-4-10-18-16(12)14/h2-11,20-21H,1H3/p+1/b19-11+. The van der Waals surface area contributed by atoms with Crippen LogP contribution in [-0.4, -0.2) is 18.4 Å². The number of nitrogens with zero attached hydrogens (tertiary/aromatic N) is 1. The number of aromatic amines is 1. The largest absolute Gasteiger partial charge is 0.504 e. The van der Waals surface area contributed by atoms with Crippen molar-refractivity contribution in [1.29, 1.82) is 0 Å². The summed E-state index contributed by atoms with van der Waals surface area (Å²) in [6.07, 6.45) is 3.42. The molecule has 1 aromatic heterocycles. The van der Waals surface area contributed by atoms with E-state index in [0.717, 1.165) is 16.6 Å². The van der Waals surface area contributed by atoms with E-state index in [4.69, 9.17) is 4.74 Å². The van der Waals surface area contributed by atoms with Crippen molar-refractivity contribution in [3.05, 3.63) is 60.3 Å². The zero-order chi connectivity index (χ0) is 15.4. The van der Waals surface area contributed by atoms with Crippen LogP contribution >= 0.6 is 0 Å². The summed E-state index contributed by atoms with van der Waals surface area (Å²) in [4.78, 5) is 3.19. The van der Waals surface area contributed by atoms with Crippen molar-refractivity contribution < 1.29 is 14.8 Å². The minimum absolute atomic E-state index is 0.0695. The van der Waals surface area contributed by atoms with Gasteiger partial charge in [0.15, 0.2) is 17.7 Å². The summed E-state index contributed by atoms with van der Waals surface area (Å²) in [5.74, 6) is 0.488. The zero-order valence-electron chi connectivity index (χ0n) is 12.1. The van der Waals surface area contributed by atoms with Crippen LogP contribution in [0.5, 0.6) is 11.5 Å². The molecular weight excluding hydrogens is 278 g/mol. The van der Waals surface area contributed by atoms with Crippen LogP contribution in [0.1, 0.15) is 5.56 Å². The van der Waals surface area contributed by atoms with Gasteiger partial charge in [-0.1, -0.05) is 12.1 Å². The smallest absolute Gasteiger partial charge is 0.236 e. The number of benzene rings is 2. The lowest BCUT2D eigenvalue weighted by Gasteiger charge is -2.05. The van der Waals surface area contributed by atoms with E-state index in [2.05, 4.69) is 15.5 Å². The van der Waals surface area contributed by atoms with Crippen LogP contribution in [0, 0.1) is 0 Å². The van der Waals surface area contributed by atoms with E-state index in [0.29, 0.717) is 11.3 Å². The molecule has 0 saturated heterocycles. The van der Waals surface area contributed by atoms with Crippen LogP contribution in [0.2, 0.25) is 0 Å². The quantitative estimate of drug-likeness (QED) is 0.574. The number of pyridine rings is 1. The molecule has 5 nitrogen and oxygen atoms in total. The molecule has 3 rings (SSSR count). The summed E-state index contributed by atoms with van der Waals surface area (Å²) in [7, 11) is 1.51. The molecule has 0 aliphatic heterocycles. The second-order valence-corrected chi connectivity index (χ2v) is 4.71. The topological polar surface area (TPSA) is 68.0 Å². The fourth-order valence-corrected chi connectivity index (χ4v) is 2.23. The normalized spacial score (nSPS) is 11.0. The van der Waals surface area contributed by atoms with Crippen LogP contribution in [0.25, 0.3) is 10.9 Å². The van der Waals surface area contributed by atoms with Crippen LogP contribution in [0.4, 0.5) is 5.69 Å². The summed E-state index contributed by atoms with van der Waals surface area (Å²) in [6.45, 7) is 0. The van der Waals surface area contributed by atoms with Crippen molar-refractivity contribution in [3.8, 4) is 11.5 Å². The second-order valence-electron chi connectivity index (χ2n) is 4.71. The Morgan fingerprint density at radius 1 is 1.14 bits per heavy atom. The number of anilines is 1. The van der Waals surface area contributed by atoms with Gasteiger partial charge in [0, 0.05) is 17.0 Å². The van der Waals surface area contributed by atoms with Gasteiger partial charge in [-0.3, -0.25) is 5.43 Å². The van der Waals surface area contributed by atoms with Gasteiger partial charge in [-0.2, -0.15) is 5.10 Å². The molecule has 0 unspecified atom stereocenters. The minimum Gasteiger partial charge on any atom is -0.504 e. The molecule has 0 aliphatic rings. The van der Waals surface area contributed by atoms with E-state index in [9.17, 15) is 5.11 Å². The molecule has 0 spiro atoms. The number of ether oxygens (including phenoxy) is 1. The van der Waals surface area contributed by atoms with E-state index in [1.807, 2.05) is 36.5 Å². The molecule has 0 radical (unpaired) electrons. The van der Waals surface area contributed by atoms with Crippen molar-refractivity contribution in [2.24, 2.45) is 5.10 Å². The Morgan fingerprint density at radius 2 is 1.95 bits per heavy atom. The first-order chi connectivity index (χ1) is 10.8. The van der Waals surface area contributed by atoms with Gasteiger partial charge in [0.2, 0.25) is 5.52 Å². The molecule has 0 aliphatic carbocycles. The summed E-state index contributed by atoms with van der Waals surface area (Å²) < 4.78 is 5.07. The van der Waals surface area contributed by atoms with Gasteiger partial charge in [0.1, 0.15) is 5.69 Å². The number of hydrazone groups is 1. The van der Waals surface area contributed by atoms with Gasteiger partial charge in [0.05, 0.1) is 13.3 Å². The molecular formula is C17H16N3O2+. The van der Waals surface area contributed by atoms with Crippen molar-refractivity contribution in [2.75, 3.05) is 12.5 Å². The zero-order valence-corrected chi connectivity index (χ0v) is 12.1. The van der Waals surface area contributed by atoms with E-state index >= 15 is 0 Å². The number of methoxy groups -OCH3 is 1. The number of aromatic hydroxyl groups is 1. The van der Waals surface area contributed by atoms with Gasteiger partial charge in [-0.15, -0.1) is 0 Å². The maximum Gasteiger partial charge on any atom is 0.236 e. The Kier molecular flexibility index (Phi) is 3.87. The van der Waals surface area contributed by atoms with Crippen LogP contribution in [0.3, 0.4) is 0 Å². The van der Waals surface area contributed by atoms with E-state index in [-0.39, 0.29) is 5.75 Å². The van der Waals surface area contributed by atoms with E-state index in [1.54, 1.807) is 24.4 Å². The highest BCUT2D eigenvalue weighted by molar-refractivity contribution is 5.89. The average molecular weight is 294 g/mol. The number of rotatable bonds is 4. The minimum atomic E-state index is 0.0695. The first kappa shape index (κ1) is 13.9. The molecule has 0 saturated carbocycles. The highest BCUT2D eigenvalue weighted by Crippen LogP contribution is 2.28. The number of H-pyrrole nitrogens is 1. The molecule has 0 atom stereocenters. The SMILES string of the molecule is COc1cccc(/C=N/Nc2cccc3ccc[nH+]c23)c1O. The molecule has 2 aromatic carbocycles. The highest BCUT2D eigenvalue weighted by atomic mass is 16.5. The van der Waals surface area contributed by atoms with Crippen molar-refractivity contribution in [1.82, 2.24) is 0 Å². The number of hydrogen-bond acceptors (Lipinski definition) is 4. The predicted molar refractivity (Wildman–Crippen MR) is 86.4 cm³/mol. The Balaban J connectivity index is 1.85. The molecule has 3 N–H and O–H groups in total. The molecule has 1 heterocycles. The molecule has 110 valence electrons. The monoisotopic (exact) mass is 294 g/mol. The van der Waals surface area contributed by atoms with Crippen molar-refractivity contribution in [3.63, 3.8) is 0 Å². The van der Waals surface area contributed by atoms with Gasteiger partial charge in [-0.05, 0) is 30.3 Å².